The molecular formula is C8H20BNO4. The monoisotopic (exact) mass is 205 g/mol. The molecule has 0 atom stereocenters. The van der Waals surface area contributed by atoms with E-state index in [4.69, 9.17) is 19.5 Å². The predicted octanol–water partition coefficient (Wildman–Crippen LogP) is -0.621. The van der Waals surface area contributed by atoms with Crippen LogP contribution in [-0.4, -0.2) is 50.4 Å². The summed E-state index contributed by atoms with van der Waals surface area (Å²) in [7, 11) is -0.527. The number of nitrogens with one attached hydrogen (secondary N) is 1. The van der Waals surface area contributed by atoms with Gasteiger partial charge in [0.05, 0.1) is 26.4 Å². The first kappa shape index (κ1) is 13.9. The second kappa shape index (κ2) is 10.9. The molecule has 0 aromatic heterocycles. The Morgan fingerprint density at radius 1 is 1.14 bits per heavy atom. The molecule has 3 N–H and O–H groups in total. The SMILES string of the molecule is CCCCNB(OCCO)OCCO. The van der Waals surface area contributed by atoms with Gasteiger partial charge in [-0.15, -0.1) is 0 Å². The highest BCUT2D eigenvalue weighted by Crippen LogP contribution is 1.88. The Morgan fingerprint density at radius 2 is 1.71 bits per heavy atom. The molecule has 0 rings (SSSR count). The maximum absolute atomic E-state index is 8.55. The lowest BCUT2D eigenvalue weighted by Crippen LogP contribution is -2.42. The van der Waals surface area contributed by atoms with Gasteiger partial charge in [0, 0.05) is 0 Å². The van der Waals surface area contributed by atoms with Crippen LogP contribution in [-0.2, 0) is 9.31 Å². The molecular weight excluding hydrogens is 185 g/mol. The Labute approximate surface area is 85.6 Å². The van der Waals surface area contributed by atoms with E-state index in [9.17, 15) is 0 Å². The molecule has 0 aromatic carbocycles. The molecule has 0 heterocycles. The van der Waals surface area contributed by atoms with Crippen molar-refractivity contribution in [1.82, 2.24) is 5.23 Å². The minimum absolute atomic E-state index is 0.0333. The average molecular weight is 205 g/mol. The summed E-state index contributed by atoms with van der Waals surface area (Å²) in [5.41, 5.74) is 0. The van der Waals surface area contributed by atoms with Gasteiger partial charge in [-0.05, 0) is 13.0 Å². The van der Waals surface area contributed by atoms with E-state index in [0.717, 1.165) is 19.4 Å². The summed E-state index contributed by atoms with van der Waals surface area (Å²) >= 11 is 0. The van der Waals surface area contributed by atoms with Crippen LogP contribution < -0.4 is 5.23 Å². The molecule has 0 radical (unpaired) electrons. The van der Waals surface area contributed by atoms with Crippen LogP contribution in [0.3, 0.4) is 0 Å². The fraction of sp³-hybridized carbons (Fsp3) is 1.00. The lowest BCUT2D eigenvalue weighted by Gasteiger charge is -2.13. The zero-order valence-corrected chi connectivity index (χ0v) is 8.74. The first-order valence-electron chi connectivity index (χ1n) is 5.03. The number of hydrogen-bond donors (Lipinski definition) is 3. The van der Waals surface area contributed by atoms with Crippen LogP contribution in [0.1, 0.15) is 19.8 Å². The van der Waals surface area contributed by atoms with E-state index in [-0.39, 0.29) is 26.4 Å². The molecule has 0 aliphatic rings. The summed E-state index contributed by atoms with van der Waals surface area (Å²) in [6, 6.07) is 0. The van der Waals surface area contributed by atoms with Crippen molar-refractivity contribution in [1.29, 1.82) is 0 Å². The molecule has 0 bridgehead atoms. The fourth-order valence-corrected chi connectivity index (χ4v) is 0.882. The molecule has 0 amide bonds. The lowest BCUT2D eigenvalue weighted by atomic mass is 10.1. The normalized spacial score (nSPS) is 10.5. The molecule has 0 saturated carbocycles. The lowest BCUT2D eigenvalue weighted by molar-refractivity contribution is 0.126. The van der Waals surface area contributed by atoms with Crippen LogP contribution in [0.5, 0.6) is 0 Å². The number of aliphatic hydroxyl groups excluding tert-OH is 2. The quantitative estimate of drug-likeness (QED) is 0.327. The molecule has 0 unspecified atom stereocenters. The first-order chi connectivity index (χ1) is 6.85. The standard InChI is InChI=1S/C8H20BNO4/c1-2-3-4-10-9(13-7-5-11)14-8-6-12/h10-12H,2-8H2,1H3. The minimum atomic E-state index is -0.527. The highest BCUT2D eigenvalue weighted by Gasteiger charge is 2.17. The van der Waals surface area contributed by atoms with Gasteiger partial charge in [0.15, 0.2) is 0 Å². The summed E-state index contributed by atoms with van der Waals surface area (Å²) in [6.45, 7) is 3.30. The molecule has 0 aliphatic heterocycles. The Balaban J connectivity index is 3.49. The van der Waals surface area contributed by atoms with Crippen molar-refractivity contribution in [2.75, 3.05) is 33.0 Å². The van der Waals surface area contributed by atoms with Crippen LogP contribution in [0.15, 0.2) is 0 Å². The topological polar surface area (TPSA) is 71.0 Å². The summed E-state index contributed by atoms with van der Waals surface area (Å²) in [4.78, 5) is 0. The third kappa shape index (κ3) is 8.46. The molecule has 0 aliphatic carbocycles. The number of rotatable bonds is 10. The Hall–Kier alpha value is -0.135. The van der Waals surface area contributed by atoms with E-state index in [2.05, 4.69) is 12.2 Å². The van der Waals surface area contributed by atoms with Gasteiger partial charge < -0.3 is 24.7 Å². The zero-order chi connectivity index (χ0) is 10.6. The van der Waals surface area contributed by atoms with Crippen LogP contribution >= 0.6 is 0 Å². The van der Waals surface area contributed by atoms with Gasteiger partial charge in [0.2, 0.25) is 0 Å². The predicted molar refractivity (Wildman–Crippen MR) is 54.7 cm³/mol. The second-order valence-electron chi connectivity index (χ2n) is 2.83. The van der Waals surface area contributed by atoms with Gasteiger partial charge >= 0.3 is 7.25 Å². The molecule has 0 aromatic rings. The highest BCUT2D eigenvalue weighted by molar-refractivity contribution is 6.41. The molecule has 14 heavy (non-hydrogen) atoms. The summed E-state index contributed by atoms with van der Waals surface area (Å²) < 4.78 is 10.3. The van der Waals surface area contributed by atoms with Crippen molar-refractivity contribution >= 4 is 7.25 Å². The fourth-order valence-electron chi connectivity index (χ4n) is 0.882. The van der Waals surface area contributed by atoms with E-state index >= 15 is 0 Å². The summed E-state index contributed by atoms with van der Waals surface area (Å²) in [6.07, 6.45) is 2.14. The molecule has 5 nitrogen and oxygen atoms in total. The van der Waals surface area contributed by atoms with Crippen LogP contribution in [0.2, 0.25) is 0 Å². The van der Waals surface area contributed by atoms with Gasteiger partial charge in [0.25, 0.3) is 0 Å². The number of hydrogen-bond acceptors (Lipinski definition) is 5. The Morgan fingerprint density at radius 3 is 2.14 bits per heavy atom. The van der Waals surface area contributed by atoms with Crippen molar-refractivity contribution in [2.24, 2.45) is 0 Å². The zero-order valence-electron chi connectivity index (χ0n) is 8.74. The van der Waals surface area contributed by atoms with Gasteiger partial charge in [-0.25, -0.2) is 0 Å². The maximum Gasteiger partial charge on any atom is 0.554 e. The Kier molecular flexibility index (Phi) is 10.8. The summed E-state index contributed by atoms with van der Waals surface area (Å²) in [5, 5.41) is 20.1. The molecule has 0 saturated heterocycles. The molecule has 84 valence electrons. The summed E-state index contributed by atoms with van der Waals surface area (Å²) in [5.74, 6) is 0. The molecule has 6 heteroatoms. The molecule has 0 spiro atoms. The third-order valence-corrected chi connectivity index (χ3v) is 1.56. The Bertz CT molecular complexity index is 110. The van der Waals surface area contributed by atoms with Crippen molar-refractivity contribution in [3.8, 4) is 0 Å². The number of unbranched alkanes of at least 4 members (excludes halogenated alkanes) is 1. The van der Waals surface area contributed by atoms with E-state index in [1.165, 1.54) is 0 Å². The van der Waals surface area contributed by atoms with E-state index in [0.29, 0.717) is 0 Å². The van der Waals surface area contributed by atoms with E-state index < -0.39 is 7.25 Å². The third-order valence-electron chi connectivity index (χ3n) is 1.56. The van der Waals surface area contributed by atoms with Crippen LogP contribution in [0.25, 0.3) is 0 Å². The largest absolute Gasteiger partial charge is 0.554 e. The highest BCUT2D eigenvalue weighted by atomic mass is 16.6. The minimum Gasteiger partial charge on any atom is -0.395 e. The number of aliphatic hydroxyl groups is 2. The molecule has 0 fully saturated rings. The van der Waals surface area contributed by atoms with Crippen molar-refractivity contribution in [3.05, 3.63) is 0 Å². The van der Waals surface area contributed by atoms with Crippen molar-refractivity contribution in [2.45, 2.75) is 19.8 Å². The smallest absolute Gasteiger partial charge is 0.395 e. The average Bonchev–Trinajstić information content (AvgIpc) is 2.21. The first-order valence-corrected chi connectivity index (χ1v) is 5.03. The van der Waals surface area contributed by atoms with Crippen LogP contribution in [0.4, 0.5) is 0 Å². The van der Waals surface area contributed by atoms with Gasteiger partial charge in [0.1, 0.15) is 0 Å². The maximum atomic E-state index is 8.55. The van der Waals surface area contributed by atoms with Crippen molar-refractivity contribution in [3.63, 3.8) is 0 Å². The van der Waals surface area contributed by atoms with Crippen LogP contribution in [0, 0.1) is 0 Å². The van der Waals surface area contributed by atoms with Crippen molar-refractivity contribution < 1.29 is 19.5 Å². The van der Waals surface area contributed by atoms with Gasteiger partial charge in [-0.1, -0.05) is 13.3 Å². The van der Waals surface area contributed by atoms with E-state index in [1.54, 1.807) is 0 Å². The van der Waals surface area contributed by atoms with Gasteiger partial charge in [-0.3, -0.25) is 0 Å². The van der Waals surface area contributed by atoms with E-state index in [1.807, 2.05) is 0 Å². The second-order valence-corrected chi connectivity index (χ2v) is 2.83. The van der Waals surface area contributed by atoms with Gasteiger partial charge in [-0.2, -0.15) is 0 Å².